The summed E-state index contributed by atoms with van der Waals surface area (Å²) in [6.07, 6.45) is 1.97. The van der Waals surface area contributed by atoms with Gasteiger partial charge in [0, 0.05) is 17.6 Å². The molecule has 1 atom stereocenters. The minimum Gasteiger partial charge on any atom is -0.352 e. The highest BCUT2D eigenvalue weighted by Crippen LogP contribution is 2.18. The van der Waals surface area contributed by atoms with E-state index >= 15 is 0 Å². The highest BCUT2D eigenvalue weighted by molar-refractivity contribution is 9.10. The van der Waals surface area contributed by atoms with E-state index < -0.39 is 0 Å². The number of benzene rings is 1. The van der Waals surface area contributed by atoms with Gasteiger partial charge in [-0.1, -0.05) is 22.0 Å². The van der Waals surface area contributed by atoms with Gasteiger partial charge in [0.25, 0.3) is 0 Å². The van der Waals surface area contributed by atoms with E-state index in [1.165, 1.54) is 12.1 Å². The van der Waals surface area contributed by atoms with Gasteiger partial charge in [0.2, 0.25) is 5.91 Å². The van der Waals surface area contributed by atoms with Crippen LogP contribution in [0.2, 0.25) is 0 Å². The van der Waals surface area contributed by atoms with Crippen molar-refractivity contribution in [2.24, 2.45) is 5.92 Å². The number of carbonyl (C=O) groups is 1. The zero-order valence-corrected chi connectivity index (χ0v) is 12.8. The summed E-state index contributed by atoms with van der Waals surface area (Å²) in [7, 11) is 0. The lowest BCUT2D eigenvalue weighted by atomic mass is 9.99. The summed E-state index contributed by atoms with van der Waals surface area (Å²) in [5.74, 6) is -0.162. The van der Waals surface area contributed by atoms with E-state index in [0.29, 0.717) is 11.0 Å². The Labute approximate surface area is 126 Å². The maximum atomic E-state index is 12.9. The number of amides is 1. The molecule has 2 rings (SSSR count). The van der Waals surface area contributed by atoms with Gasteiger partial charge in [-0.15, -0.1) is 12.4 Å². The van der Waals surface area contributed by atoms with Crippen LogP contribution in [0, 0.1) is 11.7 Å². The van der Waals surface area contributed by atoms with Crippen LogP contribution in [0.25, 0.3) is 0 Å². The first-order chi connectivity index (χ1) is 8.66. The third-order valence-corrected chi connectivity index (χ3v) is 3.87. The Hall–Kier alpha value is -0.650. The van der Waals surface area contributed by atoms with E-state index in [-0.39, 0.29) is 30.0 Å². The van der Waals surface area contributed by atoms with Crippen molar-refractivity contribution in [1.29, 1.82) is 0 Å². The summed E-state index contributed by atoms with van der Waals surface area (Å²) in [6.45, 7) is 2.17. The fourth-order valence-corrected chi connectivity index (χ4v) is 2.56. The molecule has 1 unspecified atom stereocenters. The highest BCUT2D eigenvalue weighted by atomic mass is 79.9. The summed E-state index contributed by atoms with van der Waals surface area (Å²) >= 11 is 3.29. The van der Waals surface area contributed by atoms with Gasteiger partial charge in [-0.2, -0.15) is 0 Å². The van der Waals surface area contributed by atoms with Crippen LogP contribution in [0.4, 0.5) is 4.39 Å². The molecule has 1 aromatic rings. The molecule has 2 N–H and O–H groups in total. The van der Waals surface area contributed by atoms with Crippen LogP contribution in [0.1, 0.15) is 18.4 Å². The average molecular weight is 352 g/mol. The summed E-state index contributed by atoms with van der Waals surface area (Å²) < 4.78 is 13.6. The molecule has 1 aromatic carbocycles. The van der Waals surface area contributed by atoms with Crippen LogP contribution in [0.15, 0.2) is 22.7 Å². The summed E-state index contributed by atoms with van der Waals surface area (Å²) in [5, 5.41) is 6.11. The van der Waals surface area contributed by atoms with Crippen LogP contribution in [-0.2, 0) is 11.3 Å². The number of carbonyl (C=O) groups excluding carboxylic acids is 1. The maximum Gasteiger partial charge on any atom is 0.224 e. The van der Waals surface area contributed by atoms with Crippen molar-refractivity contribution in [2.75, 3.05) is 13.1 Å². The maximum absolute atomic E-state index is 12.9. The fraction of sp³-hybridized carbons (Fsp3) is 0.462. The summed E-state index contributed by atoms with van der Waals surface area (Å²) in [6, 6.07) is 4.48. The molecule has 1 heterocycles. The van der Waals surface area contributed by atoms with Gasteiger partial charge in [-0.25, -0.2) is 4.39 Å². The van der Waals surface area contributed by atoms with E-state index in [0.717, 1.165) is 31.5 Å². The molecule has 0 spiro atoms. The zero-order valence-electron chi connectivity index (χ0n) is 10.4. The van der Waals surface area contributed by atoms with Gasteiger partial charge in [-0.05, 0) is 37.1 Å². The molecule has 1 aliphatic heterocycles. The monoisotopic (exact) mass is 350 g/mol. The predicted molar refractivity (Wildman–Crippen MR) is 78.8 cm³/mol. The molecule has 0 aliphatic carbocycles. The standard InChI is InChI=1S/C13H16BrFN2O.ClH/c14-12-6-11(15)4-3-9(12)8-17-13(18)10-2-1-5-16-7-10;/h3-4,6,10,16H,1-2,5,7-8H2,(H,17,18);1H. The molecule has 106 valence electrons. The Morgan fingerprint density at radius 3 is 2.95 bits per heavy atom. The Morgan fingerprint density at radius 1 is 1.53 bits per heavy atom. The largest absolute Gasteiger partial charge is 0.352 e. The first-order valence-electron chi connectivity index (χ1n) is 6.09. The Balaban J connectivity index is 0.00000180. The van der Waals surface area contributed by atoms with Crippen LogP contribution in [-0.4, -0.2) is 19.0 Å². The molecular weight excluding hydrogens is 335 g/mol. The number of piperidine rings is 1. The van der Waals surface area contributed by atoms with E-state index in [1.54, 1.807) is 6.07 Å². The van der Waals surface area contributed by atoms with Crippen LogP contribution in [0.3, 0.4) is 0 Å². The van der Waals surface area contributed by atoms with Crippen LogP contribution < -0.4 is 10.6 Å². The highest BCUT2D eigenvalue weighted by Gasteiger charge is 2.20. The molecule has 1 saturated heterocycles. The molecule has 6 heteroatoms. The minimum absolute atomic E-state index is 0. The van der Waals surface area contributed by atoms with Crippen LogP contribution in [0.5, 0.6) is 0 Å². The summed E-state index contributed by atoms with van der Waals surface area (Å²) in [4.78, 5) is 11.9. The SMILES string of the molecule is Cl.O=C(NCc1ccc(F)cc1Br)C1CCCNC1. The van der Waals surface area contributed by atoms with Gasteiger partial charge in [0.05, 0.1) is 5.92 Å². The number of halogens is 3. The van der Waals surface area contributed by atoms with Crippen molar-refractivity contribution < 1.29 is 9.18 Å². The van der Waals surface area contributed by atoms with Gasteiger partial charge in [0.1, 0.15) is 5.82 Å². The van der Waals surface area contributed by atoms with Gasteiger partial charge in [0.15, 0.2) is 0 Å². The lowest BCUT2D eigenvalue weighted by molar-refractivity contribution is -0.125. The molecule has 0 aromatic heterocycles. The number of hydrogen-bond donors (Lipinski definition) is 2. The molecule has 0 bridgehead atoms. The fourth-order valence-electron chi connectivity index (χ4n) is 2.07. The van der Waals surface area contributed by atoms with Crippen molar-refractivity contribution in [3.63, 3.8) is 0 Å². The van der Waals surface area contributed by atoms with Crippen molar-refractivity contribution in [1.82, 2.24) is 10.6 Å². The second-order valence-electron chi connectivity index (χ2n) is 4.50. The molecule has 1 fully saturated rings. The molecule has 0 radical (unpaired) electrons. The van der Waals surface area contributed by atoms with E-state index in [2.05, 4.69) is 26.6 Å². The Bertz CT molecular complexity index is 439. The molecule has 1 aliphatic rings. The van der Waals surface area contributed by atoms with Crippen molar-refractivity contribution in [2.45, 2.75) is 19.4 Å². The average Bonchev–Trinajstić information content (AvgIpc) is 2.38. The third-order valence-electron chi connectivity index (χ3n) is 3.14. The third kappa shape index (κ3) is 4.75. The number of hydrogen-bond acceptors (Lipinski definition) is 2. The smallest absolute Gasteiger partial charge is 0.224 e. The molecule has 1 amide bonds. The lowest BCUT2D eigenvalue weighted by Gasteiger charge is -2.22. The summed E-state index contributed by atoms with van der Waals surface area (Å²) in [5.41, 5.74) is 0.883. The first kappa shape index (κ1) is 16.4. The van der Waals surface area contributed by atoms with Crippen LogP contribution >= 0.6 is 28.3 Å². The first-order valence-corrected chi connectivity index (χ1v) is 6.88. The minimum atomic E-state index is -0.284. The van der Waals surface area contributed by atoms with Crippen molar-refractivity contribution in [3.05, 3.63) is 34.1 Å². The normalized spacial score (nSPS) is 18.5. The van der Waals surface area contributed by atoms with Gasteiger partial charge >= 0.3 is 0 Å². The van der Waals surface area contributed by atoms with Gasteiger partial charge in [-0.3, -0.25) is 4.79 Å². The van der Waals surface area contributed by atoms with Gasteiger partial charge < -0.3 is 10.6 Å². The second kappa shape index (κ2) is 7.82. The van der Waals surface area contributed by atoms with E-state index in [1.807, 2.05) is 0 Å². The molecule has 3 nitrogen and oxygen atoms in total. The number of rotatable bonds is 3. The second-order valence-corrected chi connectivity index (χ2v) is 5.35. The molecule has 0 saturated carbocycles. The molecule has 19 heavy (non-hydrogen) atoms. The van der Waals surface area contributed by atoms with E-state index in [4.69, 9.17) is 0 Å². The quantitative estimate of drug-likeness (QED) is 0.879. The Kier molecular flexibility index (Phi) is 6.75. The Morgan fingerprint density at radius 2 is 2.32 bits per heavy atom. The van der Waals surface area contributed by atoms with Crippen molar-refractivity contribution >= 4 is 34.2 Å². The van der Waals surface area contributed by atoms with E-state index in [9.17, 15) is 9.18 Å². The van der Waals surface area contributed by atoms with Crippen molar-refractivity contribution in [3.8, 4) is 0 Å². The number of nitrogens with one attached hydrogen (secondary N) is 2. The zero-order chi connectivity index (χ0) is 13.0. The topological polar surface area (TPSA) is 41.1 Å². The molecular formula is C13H17BrClFN2O. The lowest BCUT2D eigenvalue weighted by Crippen LogP contribution is -2.40. The predicted octanol–water partition coefficient (Wildman–Crippen LogP) is 2.63.